The number of carbonyl (C=O) groups is 4. The second-order valence-electron chi connectivity index (χ2n) is 13.6. The van der Waals surface area contributed by atoms with Gasteiger partial charge in [0.25, 0.3) is 11.9 Å². The zero-order chi connectivity index (χ0) is 44.3. The lowest BCUT2D eigenvalue weighted by Crippen LogP contribution is -2.60. The summed E-state index contributed by atoms with van der Waals surface area (Å²) in [4.78, 5) is 45.9. The molecule has 3 aliphatic heterocycles. The van der Waals surface area contributed by atoms with Crippen molar-refractivity contribution in [1.29, 1.82) is 0 Å². The van der Waals surface area contributed by atoms with Gasteiger partial charge in [0.2, 0.25) is 12.6 Å². The van der Waals surface area contributed by atoms with Crippen molar-refractivity contribution in [2.45, 2.75) is 92.6 Å². The molecule has 0 aromatic heterocycles. The highest BCUT2D eigenvalue weighted by atomic mass is 16.7. The zero-order valence-corrected chi connectivity index (χ0v) is 30.5. The maximum Gasteiger partial charge on any atom is 0.335 e. The molecule has 2 aromatic rings. The Balaban J connectivity index is 1.46. The first-order valence-corrected chi connectivity index (χ1v) is 17.6. The van der Waals surface area contributed by atoms with Crippen LogP contribution in [0.4, 0.5) is 0 Å². The molecule has 0 spiro atoms. The van der Waals surface area contributed by atoms with E-state index < -0.39 is 158 Å². The first-order chi connectivity index (χ1) is 28.2. The van der Waals surface area contributed by atoms with Crippen molar-refractivity contribution < 1.29 is 124 Å². The van der Waals surface area contributed by atoms with Crippen LogP contribution in [0.5, 0.6) is 34.5 Å². The molecule has 5 rings (SSSR count). The topological polar surface area (TPSA) is 420 Å². The molecule has 13 atom stereocenters. The molecule has 0 aliphatic carbocycles. The number of carbonyl (C=O) groups excluding carboxylic acids is 2. The molecule has 25 heteroatoms. The Kier molecular flexibility index (Phi) is 14.1. The van der Waals surface area contributed by atoms with E-state index in [2.05, 4.69) is 4.74 Å². The summed E-state index contributed by atoms with van der Waals surface area (Å²) in [7, 11) is 0. The van der Waals surface area contributed by atoms with Gasteiger partial charge in [-0.3, -0.25) is 9.59 Å². The summed E-state index contributed by atoms with van der Waals surface area (Å²) >= 11 is 0. The standard InChI is InChI=1S/C35H40O25/c36-11-3-17-12(18(4-11)57-34-29(49)28(48)26(46)21(60-34)9-55-33(53)16(40)6-22(41)42)5-19(31(56-17)10-1-13(37)24(44)14(38)2-10)58-35-30(50)27(47)25(45)20(59-35)8-54-23(43)7-15(39)32(51)52/h1-5,15-16,20-21,25-31,34-40,44-50H,6-9H2,(H,41,42)(H,51,52)/p+1. The maximum atomic E-state index is 12.1. The molecule has 3 aliphatic rings. The van der Waals surface area contributed by atoms with Crippen molar-refractivity contribution in [2.24, 2.45) is 0 Å². The number of fused-ring (bicyclic) bond motifs is 1. The van der Waals surface area contributed by atoms with Crippen LogP contribution in [-0.4, -0.2) is 187 Å². The molecule has 0 bridgehead atoms. The van der Waals surface area contributed by atoms with Gasteiger partial charge in [0.15, 0.2) is 35.2 Å². The Bertz CT molecular complexity index is 1930. The fraction of sp³-hybridized carbons (Fsp3) is 0.486. The van der Waals surface area contributed by atoms with E-state index in [-0.39, 0.29) is 22.6 Å². The van der Waals surface area contributed by atoms with Crippen molar-refractivity contribution in [3.8, 4) is 34.5 Å². The zero-order valence-electron chi connectivity index (χ0n) is 30.5. The van der Waals surface area contributed by atoms with Gasteiger partial charge in [-0.15, -0.1) is 0 Å². The number of phenols is 4. The number of carboxylic acid groups (broad SMARTS) is 2. The van der Waals surface area contributed by atoms with Gasteiger partial charge >= 0.3 is 23.9 Å². The number of hydrogen-bond donors (Lipinski definition) is 14. The SMILES string of the molecule is O=C(O)CC(O)C(=O)OCC1OC(Oc2cc(O)cc3c2C=C(OC2OC(COC(=O)CC(O)C(=O)O)C(O)C(O)C2O)C(c2cc(O)c(O)c(O)c2)[OH+]3)C(O)C(O)C1O. The third kappa shape index (κ3) is 10.2. The van der Waals surface area contributed by atoms with Crippen LogP contribution in [0.3, 0.4) is 0 Å². The Hall–Kier alpha value is -5.74. The van der Waals surface area contributed by atoms with Crippen LogP contribution in [0, 0.1) is 0 Å². The van der Waals surface area contributed by atoms with E-state index in [1.807, 2.05) is 0 Å². The molecule has 0 saturated carbocycles. The Morgan fingerprint density at radius 1 is 0.683 bits per heavy atom. The van der Waals surface area contributed by atoms with Gasteiger partial charge in [-0.1, -0.05) is 0 Å². The lowest BCUT2D eigenvalue weighted by molar-refractivity contribution is -0.296. The fourth-order valence-electron chi connectivity index (χ4n) is 6.04. The second kappa shape index (κ2) is 18.7. The quantitative estimate of drug-likeness (QED) is 0.0457. The van der Waals surface area contributed by atoms with Gasteiger partial charge in [0.1, 0.15) is 79.1 Å². The normalized spacial score (nSPS) is 29.7. The number of rotatable bonds is 15. The smallest absolute Gasteiger partial charge is 0.335 e. The van der Waals surface area contributed by atoms with Gasteiger partial charge in [0, 0.05) is 12.1 Å². The molecule has 15 N–H and O–H groups in total. The fourth-order valence-corrected chi connectivity index (χ4v) is 6.04. The minimum absolute atomic E-state index is 0.118. The van der Waals surface area contributed by atoms with E-state index in [1.54, 1.807) is 0 Å². The predicted molar refractivity (Wildman–Crippen MR) is 185 cm³/mol. The molecule has 2 aromatic carbocycles. The first kappa shape index (κ1) is 45.3. The average molecular weight is 862 g/mol. The maximum absolute atomic E-state index is 12.1. The number of aromatic hydroxyl groups is 5. The Morgan fingerprint density at radius 3 is 1.78 bits per heavy atom. The van der Waals surface area contributed by atoms with Crippen LogP contribution < -0.4 is 4.74 Å². The third-order valence-corrected chi connectivity index (χ3v) is 9.25. The number of hydrogen-bond acceptors (Lipinski definition) is 22. The number of ether oxygens (including phenoxy) is 7. The number of carboxylic acids is 2. The number of aliphatic hydroxyl groups is 9. The number of aliphatic hydroxyl groups excluding tert-OH is 8. The summed E-state index contributed by atoms with van der Waals surface area (Å²) in [5.41, 5.74) is -0.247. The van der Waals surface area contributed by atoms with E-state index >= 15 is 0 Å². The van der Waals surface area contributed by atoms with Crippen LogP contribution in [0.25, 0.3) is 6.08 Å². The van der Waals surface area contributed by atoms with E-state index in [1.165, 1.54) is 0 Å². The highest BCUT2D eigenvalue weighted by molar-refractivity contribution is 5.81. The summed E-state index contributed by atoms with van der Waals surface area (Å²) in [5.74, 6) is -10.0. The van der Waals surface area contributed by atoms with E-state index in [0.29, 0.717) is 0 Å². The monoisotopic (exact) mass is 861 g/mol. The van der Waals surface area contributed by atoms with Crippen LogP contribution in [0.1, 0.15) is 30.1 Å². The molecule has 13 unspecified atom stereocenters. The van der Waals surface area contributed by atoms with Crippen LogP contribution in [-0.2, 0) is 42.9 Å². The first-order valence-electron chi connectivity index (χ1n) is 17.6. The predicted octanol–water partition coefficient (Wildman–Crippen LogP) is -4.39. The van der Waals surface area contributed by atoms with E-state index in [4.69, 9.17) is 38.6 Å². The lowest BCUT2D eigenvalue weighted by atomic mass is 9.98. The summed E-state index contributed by atoms with van der Waals surface area (Å²) in [6.45, 7) is -1.76. The van der Waals surface area contributed by atoms with Gasteiger partial charge in [0.05, 0.1) is 24.5 Å². The lowest BCUT2D eigenvalue weighted by Gasteiger charge is -2.41. The molecule has 330 valence electrons. The van der Waals surface area contributed by atoms with Crippen LogP contribution >= 0.6 is 0 Å². The van der Waals surface area contributed by atoms with Gasteiger partial charge in [-0.05, 0) is 12.1 Å². The Labute approximate surface area is 335 Å². The third-order valence-electron chi connectivity index (χ3n) is 9.25. The van der Waals surface area contributed by atoms with Gasteiger partial charge < -0.3 is 105 Å². The molecule has 25 nitrogen and oxygen atoms in total. The molecular formula is C35H41O25+. The average Bonchev–Trinajstić information content (AvgIpc) is 3.18. The van der Waals surface area contributed by atoms with Crippen LogP contribution in [0.2, 0.25) is 0 Å². The van der Waals surface area contributed by atoms with Gasteiger partial charge in [-0.25, -0.2) is 9.59 Å². The van der Waals surface area contributed by atoms with Crippen molar-refractivity contribution in [3.63, 3.8) is 0 Å². The molecular weight excluding hydrogens is 820 g/mol. The molecule has 2 fully saturated rings. The Morgan fingerprint density at radius 2 is 1.23 bits per heavy atom. The minimum Gasteiger partial charge on any atom is -0.571 e. The number of benzene rings is 2. The van der Waals surface area contributed by atoms with Crippen molar-refractivity contribution in [1.82, 2.24) is 0 Å². The summed E-state index contributed by atoms with van der Waals surface area (Å²) in [6.07, 6.45) is -25.9. The molecule has 0 amide bonds. The molecule has 2 saturated heterocycles. The van der Waals surface area contributed by atoms with E-state index in [0.717, 1.165) is 30.3 Å². The summed E-state index contributed by atoms with van der Waals surface area (Å²) < 4.78 is 37.0. The molecule has 60 heavy (non-hydrogen) atoms. The van der Waals surface area contributed by atoms with Crippen molar-refractivity contribution in [2.75, 3.05) is 13.2 Å². The number of aliphatic carboxylic acids is 2. The summed E-state index contributed by atoms with van der Waals surface area (Å²) in [5, 5.41) is 142. The molecule has 0 radical (unpaired) electrons. The van der Waals surface area contributed by atoms with Gasteiger partial charge in [-0.2, -0.15) is 0 Å². The largest absolute Gasteiger partial charge is 0.571 e. The van der Waals surface area contributed by atoms with Crippen molar-refractivity contribution >= 4 is 30.0 Å². The number of esters is 2. The van der Waals surface area contributed by atoms with E-state index in [9.17, 15) is 80.5 Å². The second-order valence-corrected chi connectivity index (χ2v) is 13.6. The summed E-state index contributed by atoms with van der Waals surface area (Å²) in [6, 6.07) is 3.94. The highest BCUT2D eigenvalue weighted by Gasteiger charge is 2.49. The minimum atomic E-state index is -2.13. The number of phenolic OH excluding ortho intramolecular Hbond substituents is 4. The van der Waals surface area contributed by atoms with Crippen LogP contribution in [0.15, 0.2) is 30.0 Å². The van der Waals surface area contributed by atoms with Crippen molar-refractivity contribution in [3.05, 3.63) is 41.2 Å². The molecule has 3 heterocycles. The highest BCUT2D eigenvalue weighted by Crippen LogP contribution is 2.48.